The van der Waals surface area contributed by atoms with E-state index < -0.39 is 21.1 Å². The average molecular weight is 259 g/mol. The van der Waals surface area contributed by atoms with Gasteiger partial charge in [-0.05, 0) is 0 Å². The molecule has 5 heteroatoms. The predicted octanol–water partition coefficient (Wildman–Crippen LogP) is 1.05. The van der Waals surface area contributed by atoms with E-state index in [9.17, 15) is 4.79 Å². The molecule has 0 saturated carbocycles. The van der Waals surface area contributed by atoms with E-state index in [2.05, 4.69) is 10.2 Å². The third kappa shape index (κ3) is 2.92. The van der Waals surface area contributed by atoms with Crippen LogP contribution in [0, 0.1) is 0 Å². The van der Waals surface area contributed by atoms with Gasteiger partial charge in [-0.1, -0.05) is 0 Å². The standard InChI is InChI=1S/C4H3N2O2.C2H5.Sn/c7-3-8-4-1-2-5-6-4;1-2;/h1-2H,(H,5,6);1H2,2H3;. The van der Waals surface area contributed by atoms with Gasteiger partial charge in [-0.15, -0.1) is 0 Å². The molecule has 0 bridgehead atoms. The topological polar surface area (TPSA) is 55.0 Å². The molecule has 0 aromatic carbocycles. The number of carbonyl (C=O) groups is 1. The number of ether oxygens (including phenoxy) is 1. The molecule has 0 amide bonds. The van der Waals surface area contributed by atoms with Crippen LogP contribution in [0.4, 0.5) is 4.79 Å². The van der Waals surface area contributed by atoms with Crippen molar-refractivity contribution in [2.75, 3.05) is 0 Å². The molecule has 0 spiro atoms. The van der Waals surface area contributed by atoms with Crippen LogP contribution < -0.4 is 4.74 Å². The summed E-state index contributed by atoms with van der Waals surface area (Å²) >= 11 is -0.938. The molecule has 4 nitrogen and oxygen atoms in total. The van der Waals surface area contributed by atoms with E-state index in [4.69, 9.17) is 4.74 Å². The van der Waals surface area contributed by atoms with Gasteiger partial charge in [0.05, 0.1) is 0 Å². The van der Waals surface area contributed by atoms with Crippen LogP contribution in [-0.4, -0.2) is 35.3 Å². The van der Waals surface area contributed by atoms with Gasteiger partial charge in [0.15, 0.2) is 0 Å². The predicted molar refractivity (Wildman–Crippen MR) is 40.8 cm³/mol. The normalized spacial score (nSPS) is 9.55. The molecule has 58 valence electrons. The van der Waals surface area contributed by atoms with Crippen molar-refractivity contribution in [2.24, 2.45) is 0 Å². The van der Waals surface area contributed by atoms with Crippen molar-refractivity contribution in [1.82, 2.24) is 10.2 Å². The minimum atomic E-state index is -0.938. The second-order valence-electron chi connectivity index (χ2n) is 1.84. The molecule has 1 heterocycles. The van der Waals surface area contributed by atoms with E-state index in [0.717, 1.165) is 4.44 Å². The Balaban J connectivity index is 2.37. The van der Waals surface area contributed by atoms with Gasteiger partial charge in [0.25, 0.3) is 0 Å². The Morgan fingerprint density at radius 1 is 1.91 bits per heavy atom. The van der Waals surface area contributed by atoms with Gasteiger partial charge < -0.3 is 0 Å². The van der Waals surface area contributed by atoms with Gasteiger partial charge in [-0.2, -0.15) is 0 Å². The van der Waals surface area contributed by atoms with Crippen LogP contribution in [0.15, 0.2) is 12.3 Å². The van der Waals surface area contributed by atoms with Crippen LogP contribution in [0.25, 0.3) is 0 Å². The van der Waals surface area contributed by atoms with Crippen LogP contribution in [-0.2, 0) is 0 Å². The Kier molecular flexibility index (Phi) is 3.41. The van der Waals surface area contributed by atoms with Crippen molar-refractivity contribution in [3.63, 3.8) is 0 Å². The van der Waals surface area contributed by atoms with E-state index in [-0.39, 0.29) is 3.99 Å². The fourth-order valence-corrected chi connectivity index (χ4v) is 1.92. The summed E-state index contributed by atoms with van der Waals surface area (Å²) in [6.07, 6.45) is 1.56. The number of carbonyl (C=O) groups excluding carboxylic acids is 1. The number of nitrogens with zero attached hydrogens (tertiary/aromatic N) is 1. The van der Waals surface area contributed by atoms with E-state index in [0.29, 0.717) is 5.88 Å². The number of hydrogen-bond donors (Lipinski definition) is 1. The fraction of sp³-hybridized carbons (Fsp3) is 0.333. The second-order valence-corrected chi connectivity index (χ2v) is 6.03. The first kappa shape index (κ1) is 8.57. The Bertz CT molecular complexity index is 222. The van der Waals surface area contributed by atoms with Crippen molar-refractivity contribution in [2.45, 2.75) is 11.4 Å². The molecule has 0 atom stereocenters. The average Bonchev–Trinajstić information content (AvgIpc) is 2.40. The first-order valence-corrected chi connectivity index (χ1v) is 6.72. The molecule has 0 unspecified atom stereocenters. The maximum absolute atomic E-state index is 10.9. The zero-order valence-corrected chi connectivity index (χ0v) is 8.98. The number of aromatic nitrogens is 2. The number of hydrogen-bond acceptors (Lipinski definition) is 3. The van der Waals surface area contributed by atoms with E-state index in [1.165, 1.54) is 0 Å². The number of nitrogens with one attached hydrogen (secondary N) is 1. The maximum atomic E-state index is 10.9. The molecule has 1 aromatic rings. The van der Waals surface area contributed by atoms with E-state index in [1.54, 1.807) is 12.3 Å². The first-order chi connectivity index (χ1) is 5.33. The molecule has 1 aromatic heterocycles. The monoisotopic (exact) mass is 260 g/mol. The molecule has 1 N–H and O–H groups in total. The van der Waals surface area contributed by atoms with Crippen LogP contribution in [0.3, 0.4) is 0 Å². The summed E-state index contributed by atoms with van der Waals surface area (Å²) in [5, 5.41) is 6.21. The molecule has 11 heavy (non-hydrogen) atoms. The molecular formula is C6H8N2O2Sn. The minimum absolute atomic E-state index is 0.0552. The Morgan fingerprint density at radius 2 is 2.73 bits per heavy atom. The SMILES string of the molecule is C[CH2][Sn][C](=O)Oc1ccn[nH]1. The summed E-state index contributed by atoms with van der Waals surface area (Å²) in [4.78, 5) is 10.9. The third-order valence-electron chi connectivity index (χ3n) is 0.999. The molecule has 2 radical (unpaired) electrons. The third-order valence-corrected chi connectivity index (χ3v) is 3.12. The van der Waals surface area contributed by atoms with Gasteiger partial charge in [0.2, 0.25) is 0 Å². The van der Waals surface area contributed by atoms with Gasteiger partial charge in [0, 0.05) is 0 Å². The van der Waals surface area contributed by atoms with Crippen molar-refractivity contribution >= 4 is 25.1 Å². The Morgan fingerprint density at radius 3 is 3.27 bits per heavy atom. The number of rotatable bonds is 3. The van der Waals surface area contributed by atoms with Crippen LogP contribution >= 0.6 is 0 Å². The van der Waals surface area contributed by atoms with Crippen molar-refractivity contribution < 1.29 is 9.53 Å². The molecule has 0 aliphatic heterocycles. The van der Waals surface area contributed by atoms with Crippen LogP contribution in [0.2, 0.25) is 4.44 Å². The summed E-state index contributed by atoms with van der Waals surface area (Å²) in [6, 6.07) is 1.63. The van der Waals surface area contributed by atoms with Gasteiger partial charge >= 0.3 is 74.4 Å². The summed E-state index contributed by atoms with van der Waals surface area (Å²) in [7, 11) is 0. The summed E-state index contributed by atoms with van der Waals surface area (Å²) in [6.45, 7) is 2.00. The van der Waals surface area contributed by atoms with Crippen molar-refractivity contribution in [3.05, 3.63) is 12.3 Å². The Hall–Kier alpha value is -0.521. The van der Waals surface area contributed by atoms with Gasteiger partial charge in [-0.3, -0.25) is 0 Å². The molecule has 0 aliphatic rings. The second kappa shape index (κ2) is 4.38. The summed E-state index contributed by atoms with van der Waals surface area (Å²) in [5.74, 6) is 0.448. The first-order valence-electron chi connectivity index (χ1n) is 3.28. The summed E-state index contributed by atoms with van der Waals surface area (Å²) < 4.78 is 5.83. The molecule has 0 saturated heterocycles. The van der Waals surface area contributed by atoms with Gasteiger partial charge in [0.1, 0.15) is 0 Å². The van der Waals surface area contributed by atoms with Gasteiger partial charge in [-0.25, -0.2) is 0 Å². The quantitative estimate of drug-likeness (QED) is 0.825. The van der Waals surface area contributed by atoms with E-state index >= 15 is 0 Å². The molecular weight excluding hydrogens is 251 g/mol. The number of aromatic amines is 1. The van der Waals surface area contributed by atoms with E-state index in [1.807, 2.05) is 6.92 Å². The molecule has 0 fully saturated rings. The van der Waals surface area contributed by atoms with Crippen molar-refractivity contribution in [3.8, 4) is 5.88 Å². The van der Waals surface area contributed by atoms with Crippen LogP contribution in [0.5, 0.6) is 5.88 Å². The van der Waals surface area contributed by atoms with Crippen LogP contribution in [0.1, 0.15) is 6.92 Å². The Labute approximate surface area is 74.5 Å². The number of H-pyrrole nitrogens is 1. The molecule has 1 rings (SSSR count). The zero-order chi connectivity index (χ0) is 8.10. The zero-order valence-electron chi connectivity index (χ0n) is 6.13. The summed E-state index contributed by atoms with van der Waals surface area (Å²) in [5.41, 5.74) is 0. The molecule has 0 aliphatic carbocycles. The van der Waals surface area contributed by atoms with Crippen molar-refractivity contribution in [1.29, 1.82) is 0 Å². The fourth-order valence-electron chi connectivity index (χ4n) is 0.580.